The van der Waals surface area contributed by atoms with Crippen molar-refractivity contribution >= 4 is 29.3 Å². The van der Waals surface area contributed by atoms with Gasteiger partial charge in [-0.2, -0.15) is 0 Å². The molecule has 0 spiro atoms. The van der Waals surface area contributed by atoms with Crippen LogP contribution in [0.5, 0.6) is 5.75 Å². The number of hydrogen-bond acceptors (Lipinski definition) is 5. The predicted octanol–water partition coefficient (Wildman–Crippen LogP) is 5.34. The van der Waals surface area contributed by atoms with Crippen molar-refractivity contribution < 1.29 is 9.53 Å². The first-order valence-electron chi connectivity index (χ1n) is 10.9. The molecular weight excluding hydrogens is 444 g/mol. The Labute approximate surface area is 197 Å². The van der Waals surface area contributed by atoms with Crippen LogP contribution >= 0.6 is 23.4 Å². The van der Waals surface area contributed by atoms with Crippen LogP contribution in [0.2, 0.25) is 5.02 Å². The number of thioether (sulfide) groups is 1. The van der Waals surface area contributed by atoms with Gasteiger partial charge >= 0.3 is 0 Å². The molecule has 3 aromatic rings. The Hall–Kier alpha value is -2.51. The van der Waals surface area contributed by atoms with E-state index in [0.717, 1.165) is 42.9 Å². The van der Waals surface area contributed by atoms with Gasteiger partial charge in [0.25, 0.3) is 0 Å². The highest BCUT2D eigenvalue weighted by Crippen LogP contribution is 2.32. The van der Waals surface area contributed by atoms with Crippen LogP contribution in [0, 0.1) is 5.92 Å². The standard InChI is InChI=1S/C24H27ClN4O2S/c1-3-31-19-10-8-18(9-11-19)29-23(20-6-4-5-7-21(20)25)26-27-24(29)32-16-22(30)28-14-12-17(2)13-15-28/h4-11,17H,3,12-16H2,1-2H3. The van der Waals surface area contributed by atoms with E-state index < -0.39 is 0 Å². The van der Waals surface area contributed by atoms with Crippen molar-refractivity contribution in [2.24, 2.45) is 5.92 Å². The molecule has 168 valence electrons. The van der Waals surface area contributed by atoms with Crippen LogP contribution in [0.25, 0.3) is 17.1 Å². The lowest BCUT2D eigenvalue weighted by atomic mass is 9.99. The van der Waals surface area contributed by atoms with Crippen molar-refractivity contribution in [1.29, 1.82) is 0 Å². The second-order valence-corrected chi connectivity index (χ2v) is 9.25. The molecule has 1 aliphatic rings. The first-order valence-corrected chi connectivity index (χ1v) is 12.3. The van der Waals surface area contributed by atoms with E-state index in [4.69, 9.17) is 16.3 Å². The monoisotopic (exact) mass is 470 g/mol. The summed E-state index contributed by atoms with van der Waals surface area (Å²) in [5.41, 5.74) is 1.67. The van der Waals surface area contributed by atoms with Gasteiger partial charge in [0.05, 0.1) is 17.4 Å². The number of nitrogens with zero attached hydrogens (tertiary/aromatic N) is 4. The molecule has 6 nitrogen and oxygen atoms in total. The maximum absolute atomic E-state index is 12.8. The topological polar surface area (TPSA) is 60.2 Å². The maximum atomic E-state index is 12.8. The summed E-state index contributed by atoms with van der Waals surface area (Å²) in [6, 6.07) is 15.3. The molecular formula is C24H27ClN4O2S. The van der Waals surface area contributed by atoms with Crippen molar-refractivity contribution in [2.75, 3.05) is 25.4 Å². The zero-order chi connectivity index (χ0) is 22.5. The smallest absolute Gasteiger partial charge is 0.233 e. The summed E-state index contributed by atoms with van der Waals surface area (Å²) in [5.74, 6) is 2.59. The largest absolute Gasteiger partial charge is 0.494 e. The second kappa shape index (κ2) is 10.4. The van der Waals surface area contributed by atoms with Gasteiger partial charge in [-0.05, 0) is 62.1 Å². The summed E-state index contributed by atoms with van der Waals surface area (Å²) >= 11 is 7.87. The minimum Gasteiger partial charge on any atom is -0.494 e. The van der Waals surface area contributed by atoms with Crippen LogP contribution in [0.15, 0.2) is 53.7 Å². The van der Waals surface area contributed by atoms with Crippen LogP contribution in [0.4, 0.5) is 0 Å². The van der Waals surface area contributed by atoms with Gasteiger partial charge in [0, 0.05) is 24.3 Å². The summed E-state index contributed by atoms with van der Waals surface area (Å²) in [7, 11) is 0. The molecule has 1 fully saturated rings. The Kier molecular flexibility index (Phi) is 7.37. The lowest BCUT2D eigenvalue weighted by Gasteiger charge is -2.30. The van der Waals surface area contributed by atoms with Crippen LogP contribution in [-0.2, 0) is 4.79 Å². The molecule has 1 saturated heterocycles. The number of carbonyl (C=O) groups is 1. The average molecular weight is 471 g/mol. The summed E-state index contributed by atoms with van der Waals surface area (Å²) in [5, 5.41) is 10.1. The average Bonchev–Trinajstić information content (AvgIpc) is 3.22. The number of amides is 1. The number of carbonyl (C=O) groups excluding carboxylic acids is 1. The van der Waals surface area contributed by atoms with Crippen LogP contribution in [0.1, 0.15) is 26.7 Å². The molecule has 2 heterocycles. The van der Waals surface area contributed by atoms with E-state index in [9.17, 15) is 4.79 Å². The number of benzene rings is 2. The third-order valence-corrected chi connectivity index (χ3v) is 6.86. The molecule has 1 aromatic heterocycles. The molecule has 32 heavy (non-hydrogen) atoms. The Morgan fingerprint density at radius 1 is 1.12 bits per heavy atom. The summed E-state index contributed by atoms with van der Waals surface area (Å²) < 4.78 is 7.53. The van der Waals surface area contributed by atoms with Gasteiger partial charge in [0.1, 0.15) is 5.75 Å². The SMILES string of the molecule is CCOc1ccc(-n2c(SCC(=O)N3CCC(C)CC3)nnc2-c2ccccc2Cl)cc1. The number of hydrogen-bond donors (Lipinski definition) is 0. The zero-order valence-electron chi connectivity index (χ0n) is 18.3. The normalized spacial score (nSPS) is 14.5. The minimum absolute atomic E-state index is 0.141. The van der Waals surface area contributed by atoms with Gasteiger partial charge < -0.3 is 9.64 Å². The highest BCUT2D eigenvalue weighted by atomic mass is 35.5. The number of aromatic nitrogens is 3. The van der Waals surface area contributed by atoms with E-state index in [1.165, 1.54) is 11.8 Å². The van der Waals surface area contributed by atoms with Crippen LogP contribution < -0.4 is 4.74 Å². The van der Waals surface area contributed by atoms with Crippen molar-refractivity contribution in [2.45, 2.75) is 31.8 Å². The van der Waals surface area contributed by atoms with Crippen LogP contribution in [0.3, 0.4) is 0 Å². The fraction of sp³-hybridized carbons (Fsp3) is 0.375. The number of likely N-dealkylation sites (tertiary alicyclic amines) is 1. The van der Waals surface area contributed by atoms with E-state index >= 15 is 0 Å². The Morgan fingerprint density at radius 2 is 1.84 bits per heavy atom. The van der Waals surface area contributed by atoms with Crippen molar-refractivity contribution in [1.82, 2.24) is 19.7 Å². The number of rotatable bonds is 7. The molecule has 2 aromatic carbocycles. The quantitative estimate of drug-likeness (QED) is 0.436. The Morgan fingerprint density at radius 3 is 2.53 bits per heavy atom. The predicted molar refractivity (Wildman–Crippen MR) is 129 cm³/mol. The van der Waals surface area contributed by atoms with Gasteiger partial charge in [-0.15, -0.1) is 10.2 Å². The van der Waals surface area contributed by atoms with Crippen LogP contribution in [-0.4, -0.2) is 51.0 Å². The summed E-state index contributed by atoms with van der Waals surface area (Å²) in [6.07, 6.45) is 2.13. The number of ether oxygens (including phenoxy) is 1. The third kappa shape index (κ3) is 5.10. The fourth-order valence-electron chi connectivity index (χ4n) is 3.75. The second-order valence-electron chi connectivity index (χ2n) is 7.90. The van der Waals surface area contributed by atoms with Gasteiger partial charge in [0.2, 0.25) is 5.91 Å². The minimum atomic E-state index is 0.141. The molecule has 0 N–H and O–H groups in total. The van der Waals surface area contributed by atoms with Gasteiger partial charge in [-0.25, -0.2) is 0 Å². The molecule has 0 radical (unpaired) electrons. The molecule has 4 rings (SSSR count). The molecule has 0 atom stereocenters. The fourth-order valence-corrected chi connectivity index (χ4v) is 4.82. The van der Waals surface area contributed by atoms with Gasteiger partial charge in [-0.1, -0.05) is 42.4 Å². The summed E-state index contributed by atoms with van der Waals surface area (Å²) in [6.45, 7) is 6.47. The van der Waals surface area contributed by atoms with E-state index in [1.54, 1.807) is 0 Å². The van der Waals surface area contributed by atoms with E-state index in [1.807, 2.05) is 64.9 Å². The Bertz CT molecular complexity index is 1060. The van der Waals surface area contributed by atoms with Crippen molar-refractivity contribution in [3.8, 4) is 22.8 Å². The Balaban J connectivity index is 1.62. The first kappa shape index (κ1) is 22.7. The molecule has 0 aliphatic carbocycles. The molecule has 1 amide bonds. The molecule has 1 aliphatic heterocycles. The number of halogens is 1. The molecule has 0 unspecified atom stereocenters. The van der Waals surface area contributed by atoms with E-state index in [2.05, 4.69) is 17.1 Å². The van der Waals surface area contributed by atoms with Gasteiger partial charge in [0.15, 0.2) is 11.0 Å². The lowest BCUT2D eigenvalue weighted by molar-refractivity contribution is -0.129. The third-order valence-electron chi connectivity index (χ3n) is 5.62. The van der Waals surface area contributed by atoms with Crippen molar-refractivity contribution in [3.05, 3.63) is 53.6 Å². The van der Waals surface area contributed by atoms with E-state index in [-0.39, 0.29) is 5.91 Å². The maximum Gasteiger partial charge on any atom is 0.233 e. The van der Waals surface area contributed by atoms with E-state index in [0.29, 0.717) is 34.3 Å². The molecule has 8 heteroatoms. The van der Waals surface area contributed by atoms with Gasteiger partial charge in [-0.3, -0.25) is 9.36 Å². The number of piperidine rings is 1. The highest BCUT2D eigenvalue weighted by Gasteiger charge is 2.23. The zero-order valence-corrected chi connectivity index (χ0v) is 19.9. The first-order chi connectivity index (χ1) is 15.6. The molecule has 0 bridgehead atoms. The van der Waals surface area contributed by atoms with Crippen molar-refractivity contribution in [3.63, 3.8) is 0 Å². The lowest BCUT2D eigenvalue weighted by Crippen LogP contribution is -2.38. The molecule has 0 saturated carbocycles. The summed E-state index contributed by atoms with van der Waals surface area (Å²) in [4.78, 5) is 14.7. The highest BCUT2D eigenvalue weighted by molar-refractivity contribution is 7.99.